The largest absolute Gasteiger partial charge is 0.309 e. The summed E-state index contributed by atoms with van der Waals surface area (Å²) < 4.78 is 26.2. The maximum absolute atomic E-state index is 13.1. The fourth-order valence-corrected chi connectivity index (χ4v) is 2.34. The normalized spacial score (nSPS) is 12.7. The third-order valence-electron chi connectivity index (χ3n) is 2.24. The number of thiazole rings is 1. The van der Waals surface area contributed by atoms with Crippen molar-refractivity contribution in [2.45, 2.75) is 6.04 Å². The number of benzene rings is 1. The minimum absolute atomic E-state index is 0.224. The SMILES string of the molecule is CNC(c1cc(F)cc(F)c1)c1cncs1. The van der Waals surface area contributed by atoms with Crippen LogP contribution in [0.4, 0.5) is 8.78 Å². The second kappa shape index (κ2) is 4.67. The van der Waals surface area contributed by atoms with Crippen molar-refractivity contribution < 1.29 is 8.78 Å². The Morgan fingerprint density at radius 3 is 2.44 bits per heavy atom. The van der Waals surface area contributed by atoms with Crippen LogP contribution < -0.4 is 5.32 Å². The monoisotopic (exact) mass is 240 g/mol. The van der Waals surface area contributed by atoms with Crippen LogP contribution in [0.3, 0.4) is 0 Å². The summed E-state index contributed by atoms with van der Waals surface area (Å²) in [7, 11) is 1.74. The Bertz CT molecular complexity index is 451. The molecule has 1 aromatic carbocycles. The van der Waals surface area contributed by atoms with Crippen LogP contribution in [0.1, 0.15) is 16.5 Å². The number of hydrogen-bond acceptors (Lipinski definition) is 3. The Morgan fingerprint density at radius 2 is 1.94 bits per heavy atom. The van der Waals surface area contributed by atoms with E-state index in [1.807, 2.05) is 0 Å². The maximum Gasteiger partial charge on any atom is 0.126 e. The van der Waals surface area contributed by atoms with Gasteiger partial charge in [0.1, 0.15) is 11.6 Å². The van der Waals surface area contributed by atoms with Crippen LogP contribution in [0.15, 0.2) is 29.9 Å². The van der Waals surface area contributed by atoms with Crippen molar-refractivity contribution in [1.29, 1.82) is 0 Å². The molecule has 1 aromatic heterocycles. The molecule has 0 aliphatic rings. The molecule has 0 radical (unpaired) electrons. The van der Waals surface area contributed by atoms with Crippen molar-refractivity contribution in [3.05, 3.63) is 52.0 Å². The van der Waals surface area contributed by atoms with E-state index in [1.54, 1.807) is 18.8 Å². The highest BCUT2D eigenvalue weighted by atomic mass is 32.1. The highest BCUT2D eigenvalue weighted by molar-refractivity contribution is 7.09. The highest BCUT2D eigenvalue weighted by Crippen LogP contribution is 2.25. The quantitative estimate of drug-likeness (QED) is 0.892. The third-order valence-corrected chi connectivity index (χ3v) is 3.08. The maximum atomic E-state index is 13.1. The molecule has 0 bridgehead atoms. The summed E-state index contributed by atoms with van der Waals surface area (Å²) >= 11 is 1.44. The van der Waals surface area contributed by atoms with Crippen molar-refractivity contribution in [2.24, 2.45) is 0 Å². The minimum atomic E-state index is -0.570. The van der Waals surface area contributed by atoms with E-state index in [2.05, 4.69) is 10.3 Å². The Morgan fingerprint density at radius 1 is 1.25 bits per heavy atom. The zero-order chi connectivity index (χ0) is 11.5. The van der Waals surface area contributed by atoms with Gasteiger partial charge in [0.25, 0.3) is 0 Å². The summed E-state index contributed by atoms with van der Waals surface area (Å²) in [6.07, 6.45) is 1.69. The van der Waals surface area contributed by atoms with E-state index in [0.717, 1.165) is 10.9 Å². The van der Waals surface area contributed by atoms with Crippen molar-refractivity contribution in [2.75, 3.05) is 7.05 Å². The van der Waals surface area contributed by atoms with E-state index < -0.39 is 11.6 Å². The van der Waals surface area contributed by atoms with Gasteiger partial charge in [-0.25, -0.2) is 8.78 Å². The number of hydrogen-bond donors (Lipinski definition) is 1. The molecular weight excluding hydrogens is 230 g/mol. The molecular formula is C11H10F2N2S. The minimum Gasteiger partial charge on any atom is -0.309 e. The Kier molecular flexibility index (Phi) is 3.26. The zero-order valence-electron chi connectivity index (χ0n) is 8.58. The molecule has 0 aliphatic carbocycles. The van der Waals surface area contributed by atoms with Crippen LogP contribution in [0, 0.1) is 11.6 Å². The van der Waals surface area contributed by atoms with Gasteiger partial charge in [0.15, 0.2) is 0 Å². The molecule has 0 spiro atoms. The molecule has 1 N–H and O–H groups in total. The molecule has 0 amide bonds. The number of nitrogens with one attached hydrogen (secondary N) is 1. The Hall–Kier alpha value is -1.33. The summed E-state index contributed by atoms with van der Waals surface area (Å²) in [6, 6.07) is 3.29. The molecule has 0 saturated heterocycles. The van der Waals surface area contributed by atoms with Gasteiger partial charge in [0.2, 0.25) is 0 Å². The number of rotatable bonds is 3. The fourth-order valence-electron chi connectivity index (χ4n) is 1.58. The van der Waals surface area contributed by atoms with Gasteiger partial charge in [-0.05, 0) is 24.7 Å². The predicted octanol–water partition coefficient (Wildman–Crippen LogP) is 2.73. The van der Waals surface area contributed by atoms with Gasteiger partial charge in [0, 0.05) is 17.1 Å². The highest BCUT2D eigenvalue weighted by Gasteiger charge is 2.15. The Labute approximate surface area is 96.0 Å². The lowest BCUT2D eigenvalue weighted by molar-refractivity contribution is 0.572. The van der Waals surface area contributed by atoms with E-state index in [0.29, 0.717) is 5.56 Å². The smallest absolute Gasteiger partial charge is 0.126 e. The molecule has 2 rings (SSSR count). The average molecular weight is 240 g/mol. The molecule has 84 valence electrons. The van der Waals surface area contributed by atoms with Gasteiger partial charge in [-0.1, -0.05) is 0 Å². The topological polar surface area (TPSA) is 24.9 Å². The first-order valence-electron chi connectivity index (χ1n) is 4.72. The van der Waals surface area contributed by atoms with Crippen LogP contribution in [-0.4, -0.2) is 12.0 Å². The molecule has 0 saturated carbocycles. The van der Waals surface area contributed by atoms with Gasteiger partial charge in [-0.2, -0.15) is 0 Å². The lowest BCUT2D eigenvalue weighted by Crippen LogP contribution is -2.16. The molecule has 0 aliphatic heterocycles. The van der Waals surface area contributed by atoms with Gasteiger partial charge >= 0.3 is 0 Å². The lowest BCUT2D eigenvalue weighted by atomic mass is 10.1. The van der Waals surface area contributed by atoms with E-state index in [1.165, 1.54) is 23.5 Å². The van der Waals surface area contributed by atoms with Crippen LogP contribution in [0.5, 0.6) is 0 Å². The molecule has 0 fully saturated rings. The van der Waals surface area contributed by atoms with Crippen molar-refractivity contribution in [1.82, 2.24) is 10.3 Å². The lowest BCUT2D eigenvalue weighted by Gasteiger charge is -2.14. The molecule has 2 nitrogen and oxygen atoms in total. The molecule has 16 heavy (non-hydrogen) atoms. The van der Waals surface area contributed by atoms with Gasteiger partial charge < -0.3 is 5.32 Å². The molecule has 2 aromatic rings. The van der Waals surface area contributed by atoms with Crippen molar-refractivity contribution >= 4 is 11.3 Å². The Balaban J connectivity index is 2.41. The van der Waals surface area contributed by atoms with E-state index in [-0.39, 0.29) is 6.04 Å². The standard InChI is InChI=1S/C11H10F2N2S/c1-14-11(10-5-15-6-16-10)7-2-8(12)4-9(13)3-7/h2-6,11,14H,1H3. The summed E-state index contributed by atoms with van der Waals surface area (Å²) in [4.78, 5) is 4.88. The van der Waals surface area contributed by atoms with Gasteiger partial charge in [-0.3, -0.25) is 4.98 Å². The van der Waals surface area contributed by atoms with Crippen LogP contribution in [0.2, 0.25) is 0 Å². The van der Waals surface area contributed by atoms with Gasteiger partial charge in [-0.15, -0.1) is 11.3 Å². The number of nitrogens with zero attached hydrogens (tertiary/aromatic N) is 1. The summed E-state index contributed by atoms with van der Waals surface area (Å²) in [5, 5.41) is 3.01. The first-order valence-corrected chi connectivity index (χ1v) is 5.60. The number of aromatic nitrogens is 1. The summed E-state index contributed by atoms with van der Waals surface area (Å²) in [5.41, 5.74) is 2.25. The van der Waals surface area contributed by atoms with E-state index in [4.69, 9.17) is 0 Å². The molecule has 1 unspecified atom stereocenters. The predicted molar refractivity (Wildman–Crippen MR) is 59.4 cm³/mol. The summed E-state index contributed by atoms with van der Waals surface area (Å²) in [5.74, 6) is -1.14. The average Bonchev–Trinajstić information content (AvgIpc) is 2.70. The van der Waals surface area contributed by atoms with E-state index in [9.17, 15) is 8.78 Å². The first kappa shape index (κ1) is 11.2. The van der Waals surface area contributed by atoms with Crippen LogP contribution in [-0.2, 0) is 0 Å². The fraction of sp³-hybridized carbons (Fsp3) is 0.182. The second-order valence-electron chi connectivity index (χ2n) is 3.33. The summed E-state index contributed by atoms with van der Waals surface area (Å²) in [6.45, 7) is 0. The molecule has 5 heteroatoms. The molecule has 1 heterocycles. The zero-order valence-corrected chi connectivity index (χ0v) is 9.39. The van der Waals surface area contributed by atoms with Crippen molar-refractivity contribution in [3.8, 4) is 0 Å². The van der Waals surface area contributed by atoms with Crippen LogP contribution in [0.25, 0.3) is 0 Å². The van der Waals surface area contributed by atoms with Gasteiger partial charge in [0.05, 0.1) is 11.6 Å². The second-order valence-corrected chi connectivity index (χ2v) is 4.25. The van der Waals surface area contributed by atoms with E-state index >= 15 is 0 Å². The van der Waals surface area contributed by atoms with Crippen LogP contribution >= 0.6 is 11.3 Å². The number of halogens is 2. The third kappa shape index (κ3) is 2.25. The molecule has 1 atom stereocenters. The van der Waals surface area contributed by atoms with Crippen molar-refractivity contribution in [3.63, 3.8) is 0 Å². The first-order chi connectivity index (χ1) is 7.70.